The highest BCUT2D eigenvalue weighted by atomic mass is 35.5. The largest absolute Gasteiger partial charge is 0.488 e. The van der Waals surface area contributed by atoms with Crippen molar-refractivity contribution < 1.29 is 32.5 Å². The molecule has 1 aromatic heterocycles. The number of rotatable bonds is 9. The SMILES string of the molecule is O=C(O)c1ccc2nc(CN3CCc4cc(C(F)F)c(OCc5ccc(Cl)cc5F)cc4C3)n(C[C@@H]3CCO3)c2c1. The summed E-state index contributed by atoms with van der Waals surface area (Å²) in [4.78, 5) is 18.6. The molecular weight excluding hydrogens is 559 g/mol. The minimum absolute atomic E-state index is 0.0190. The van der Waals surface area contributed by atoms with Gasteiger partial charge in [0.15, 0.2) is 0 Å². The predicted octanol–water partition coefficient (Wildman–Crippen LogP) is 6.39. The van der Waals surface area contributed by atoms with E-state index < -0.39 is 18.2 Å². The van der Waals surface area contributed by atoms with Crippen molar-refractivity contribution in [3.63, 3.8) is 0 Å². The van der Waals surface area contributed by atoms with E-state index in [0.717, 1.165) is 35.0 Å². The number of benzene rings is 3. The van der Waals surface area contributed by atoms with Gasteiger partial charge in [-0.1, -0.05) is 17.7 Å². The van der Waals surface area contributed by atoms with Crippen LogP contribution in [0.15, 0.2) is 48.5 Å². The number of alkyl halides is 2. The van der Waals surface area contributed by atoms with Gasteiger partial charge in [0.25, 0.3) is 6.43 Å². The van der Waals surface area contributed by atoms with Crippen molar-refractivity contribution in [2.45, 2.75) is 51.6 Å². The lowest BCUT2D eigenvalue weighted by molar-refractivity contribution is -0.0592. The maximum atomic E-state index is 14.3. The summed E-state index contributed by atoms with van der Waals surface area (Å²) in [7, 11) is 0. The quantitative estimate of drug-likeness (QED) is 0.245. The molecule has 2 aliphatic rings. The first-order valence-corrected chi connectivity index (χ1v) is 13.7. The fourth-order valence-electron chi connectivity index (χ4n) is 5.35. The fraction of sp³-hybridized carbons (Fsp3) is 0.333. The Kier molecular flexibility index (Phi) is 7.63. The van der Waals surface area contributed by atoms with Gasteiger partial charge >= 0.3 is 5.97 Å². The van der Waals surface area contributed by atoms with Gasteiger partial charge in [-0.15, -0.1) is 0 Å². The van der Waals surface area contributed by atoms with Crippen LogP contribution in [0.2, 0.25) is 5.02 Å². The number of imidazole rings is 1. The van der Waals surface area contributed by atoms with Gasteiger partial charge in [0.05, 0.1) is 41.4 Å². The smallest absolute Gasteiger partial charge is 0.335 e. The van der Waals surface area contributed by atoms with Crippen molar-refractivity contribution in [2.75, 3.05) is 13.2 Å². The van der Waals surface area contributed by atoms with Gasteiger partial charge in [0, 0.05) is 30.3 Å². The molecule has 3 heterocycles. The Morgan fingerprint density at radius 1 is 1.17 bits per heavy atom. The number of carboxylic acid groups (broad SMARTS) is 1. The van der Waals surface area contributed by atoms with Crippen molar-refractivity contribution in [1.29, 1.82) is 0 Å². The summed E-state index contributed by atoms with van der Waals surface area (Å²) in [5.74, 6) is -0.773. The molecule has 7 nitrogen and oxygen atoms in total. The van der Waals surface area contributed by atoms with Crippen LogP contribution in [0.25, 0.3) is 11.0 Å². The lowest BCUT2D eigenvalue weighted by atomic mass is 9.96. The predicted molar refractivity (Wildman–Crippen MR) is 146 cm³/mol. The number of aromatic carboxylic acids is 1. The molecule has 1 saturated heterocycles. The molecular formula is C30H27ClF3N3O4. The number of carbonyl (C=O) groups is 1. The van der Waals surface area contributed by atoms with Crippen LogP contribution in [0.1, 0.15) is 51.3 Å². The standard InChI is InChI=1S/C30H27ClF3N3O4/c31-21-3-1-19(24(32)12-21)16-41-27-11-20-13-36(7-5-17(20)9-23(27)29(33)34)15-28-35-25-4-2-18(30(38)39)10-26(25)37(28)14-22-6-8-40-22/h1-4,9-12,22,29H,5-8,13-16H2,(H,38,39)/t22-/m0/s1. The van der Waals surface area contributed by atoms with Gasteiger partial charge in [-0.3, -0.25) is 4.90 Å². The third kappa shape index (κ3) is 5.77. The molecule has 3 aromatic carbocycles. The number of hydrogen-bond acceptors (Lipinski definition) is 5. The zero-order valence-electron chi connectivity index (χ0n) is 22.0. The molecule has 41 heavy (non-hydrogen) atoms. The number of ether oxygens (including phenoxy) is 2. The molecule has 11 heteroatoms. The second-order valence-corrected chi connectivity index (χ2v) is 10.8. The van der Waals surface area contributed by atoms with E-state index in [-0.39, 0.29) is 40.2 Å². The topological polar surface area (TPSA) is 76.8 Å². The first-order chi connectivity index (χ1) is 19.7. The van der Waals surface area contributed by atoms with Crippen molar-refractivity contribution in [3.05, 3.63) is 93.0 Å². The van der Waals surface area contributed by atoms with Gasteiger partial charge < -0.3 is 19.1 Å². The molecule has 0 spiro atoms. The number of nitrogens with zero attached hydrogens (tertiary/aromatic N) is 3. The number of halogens is 4. The minimum Gasteiger partial charge on any atom is -0.488 e. The van der Waals surface area contributed by atoms with Crippen LogP contribution < -0.4 is 4.74 Å². The summed E-state index contributed by atoms with van der Waals surface area (Å²) < 4.78 is 55.5. The van der Waals surface area contributed by atoms with Gasteiger partial charge in [0.1, 0.15) is 24.0 Å². The van der Waals surface area contributed by atoms with E-state index in [0.29, 0.717) is 44.7 Å². The van der Waals surface area contributed by atoms with Crippen molar-refractivity contribution >= 4 is 28.6 Å². The summed E-state index contributed by atoms with van der Waals surface area (Å²) in [6, 6.07) is 12.2. The molecule has 1 N–H and O–H groups in total. The molecule has 0 radical (unpaired) electrons. The molecule has 2 aliphatic heterocycles. The number of hydrogen-bond donors (Lipinski definition) is 1. The van der Waals surface area contributed by atoms with Crippen LogP contribution in [0.4, 0.5) is 13.2 Å². The zero-order valence-corrected chi connectivity index (χ0v) is 22.7. The van der Waals surface area contributed by atoms with Crippen LogP contribution in [0.5, 0.6) is 5.75 Å². The number of aromatic nitrogens is 2. The Bertz CT molecular complexity index is 1620. The summed E-state index contributed by atoms with van der Waals surface area (Å²) in [5, 5.41) is 9.74. The lowest BCUT2D eigenvalue weighted by Crippen LogP contribution is -2.34. The molecule has 1 fully saturated rings. The van der Waals surface area contributed by atoms with Crippen LogP contribution in [0.3, 0.4) is 0 Å². The summed E-state index contributed by atoms with van der Waals surface area (Å²) in [5.41, 5.74) is 3.30. The summed E-state index contributed by atoms with van der Waals surface area (Å²) in [6.45, 7) is 2.65. The molecule has 6 rings (SSSR count). The van der Waals surface area contributed by atoms with Gasteiger partial charge in [-0.2, -0.15) is 0 Å². The van der Waals surface area contributed by atoms with E-state index in [1.54, 1.807) is 24.3 Å². The van der Waals surface area contributed by atoms with E-state index in [2.05, 4.69) is 4.90 Å². The second-order valence-electron chi connectivity index (χ2n) is 10.4. The van der Waals surface area contributed by atoms with E-state index in [1.165, 1.54) is 18.2 Å². The summed E-state index contributed by atoms with van der Waals surface area (Å²) in [6.07, 6.45) is -1.22. The lowest BCUT2D eigenvalue weighted by Gasteiger charge is -2.31. The molecule has 214 valence electrons. The Hall–Kier alpha value is -3.60. The molecule has 0 unspecified atom stereocenters. The third-order valence-electron chi connectivity index (χ3n) is 7.68. The Balaban J connectivity index is 1.25. The molecule has 0 bridgehead atoms. The van der Waals surface area contributed by atoms with Gasteiger partial charge in [0.2, 0.25) is 0 Å². The highest BCUT2D eigenvalue weighted by molar-refractivity contribution is 6.30. The van der Waals surface area contributed by atoms with Crippen molar-refractivity contribution in [2.24, 2.45) is 0 Å². The molecule has 4 aromatic rings. The second kappa shape index (κ2) is 11.3. The highest BCUT2D eigenvalue weighted by Crippen LogP contribution is 2.35. The monoisotopic (exact) mass is 585 g/mol. The zero-order chi connectivity index (χ0) is 28.7. The van der Waals surface area contributed by atoms with Crippen LogP contribution in [-0.4, -0.2) is 44.8 Å². The Labute approximate surface area is 239 Å². The molecule has 0 aliphatic carbocycles. The average molecular weight is 586 g/mol. The normalized spacial score (nSPS) is 17.0. The Morgan fingerprint density at radius 2 is 2.00 bits per heavy atom. The maximum absolute atomic E-state index is 14.3. The summed E-state index contributed by atoms with van der Waals surface area (Å²) >= 11 is 5.82. The number of carboxylic acids is 1. The first kappa shape index (κ1) is 27.6. The van der Waals surface area contributed by atoms with E-state index >= 15 is 0 Å². The van der Waals surface area contributed by atoms with Crippen molar-refractivity contribution in [3.8, 4) is 5.75 Å². The first-order valence-electron chi connectivity index (χ1n) is 13.3. The minimum atomic E-state index is -2.74. The van der Waals surface area contributed by atoms with Crippen LogP contribution in [0, 0.1) is 5.82 Å². The van der Waals surface area contributed by atoms with E-state index in [4.69, 9.17) is 26.1 Å². The molecule has 0 amide bonds. The highest BCUT2D eigenvalue weighted by Gasteiger charge is 2.26. The van der Waals surface area contributed by atoms with Crippen molar-refractivity contribution in [1.82, 2.24) is 14.5 Å². The van der Waals surface area contributed by atoms with Crippen LogP contribution in [-0.2, 0) is 37.4 Å². The number of fused-ring (bicyclic) bond motifs is 2. The fourth-order valence-corrected chi connectivity index (χ4v) is 5.51. The maximum Gasteiger partial charge on any atom is 0.335 e. The van der Waals surface area contributed by atoms with E-state index in [1.807, 2.05) is 4.57 Å². The van der Waals surface area contributed by atoms with E-state index in [9.17, 15) is 23.1 Å². The van der Waals surface area contributed by atoms with Crippen LogP contribution >= 0.6 is 11.6 Å². The third-order valence-corrected chi connectivity index (χ3v) is 7.91. The Morgan fingerprint density at radius 3 is 2.71 bits per heavy atom. The van der Waals surface area contributed by atoms with Gasteiger partial charge in [-0.05, 0) is 66.4 Å². The molecule has 0 saturated carbocycles. The van der Waals surface area contributed by atoms with Gasteiger partial charge in [-0.25, -0.2) is 22.9 Å². The average Bonchev–Trinajstić information content (AvgIpc) is 3.25. The molecule has 1 atom stereocenters.